The molecule has 0 spiro atoms. The molecule has 0 aliphatic carbocycles. The van der Waals surface area contributed by atoms with E-state index in [1.165, 1.54) is 0 Å². The van der Waals surface area contributed by atoms with E-state index in [1.807, 2.05) is 48.5 Å². The average molecular weight is 289 g/mol. The Kier molecular flexibility index (Phi) is 4.64. The number of halogens is 1. The van der Waals surface area contributed by atoms with Crippen LogP contribution in [0.25, 0.3) is 0 Å². The quantitative estimate of drug-likeness (QED) is 0.931. The fraction of sp³-hybridized carbons (Fsp3) is 0.188. The lowest BCUT2D eigenvalue weighted by molar-refractivity contribution is 0.0828. The second-order valence-corrected chi connectivity index (χ2v) is 5.16. The fourth-order valence-electron chi connectivity index (χ4n) is 1.86. The molecule has 1 N–H and O–H groups in total. The predicted molar refractivity (Wildman–Crippen MR) is 83.2 cm³/mol. The van der Waals surface area contributed by atoms with Crippen LogP contribution < -0.4 is 5.32 Å². The zero-order chi connectivity index (χ0) is 14.5. The number of nitrogens with one attached hydrogen (secondary N) is 1. The Labute approximate surface area is 124 Å². The Hall–Kier alpha value is -2.00. The van der Waals surface area contributed by atoms with E-state index < -0.39 is 0 Å². The minimum atomic E-state index is -0.00999. The van der Waals surface area contributed by atoms with Crippen molar-refractivity contribution in [2.75, 3.05) is 19.4 Å². The van der Waals surface area contributed by atoms with Crippen LogP contribution in [0.2, 0.25) is 5.02 Å². The number of hydrogen-bond donors (Lipinski definition) is 1. The molecular formula is C16H17ClN2O. The van der Waals surface area contributed by atoms with Crippen LogP contribution in [0.4, 0.5) is 5.69 Å². The zero-order valence-electron chi connectivity index (χ0n) is 11.6. The van der Waals surface area contributed by atoms with E-state index in [-0.39, 0.29) is 5.91 Å². The third-order valence-electron chi connectivity index (χ3n) is 2.96. The van der Waals surface area contributed by atoms with Gasteiger partial charge < -0.3 is 10.2 Å². The van der Waals surface area contributed by atoms with Gasteiger partial charge in [0.25, 0.3) is 5.91 Å². The van der Waals surface area contributed by atoms with Crippen molar-refractivity contribution in [3.05, 3.63) is 64.7 Å². The lowest BCUT2D eigenvalue weighted by Crippen LogP contribution is -2.22. The summed E-state index contributed by atoms with van der Waals surface area (Å²) < 4.78 is 0. The molecule has 104 valence electrons. The van der Waals surface area contributed by atoms with Gasteiger partial charge in [0.1, 0.15) is 0 Å². The van der Waals surface area contributed by atoms with E-state index in [2.05, 4.69) is 5.32 Å². The van der Waals surface area contributed by atoms with Crippen molar-refractivity contribution in [1.82, 2.24) is 4.90 Å². The lowest BCUT2D eigenvalue weighted by atomic mass is 10.1. The number of anilines is 1. The molecule has 4 heteroatoms. The van der Waals surface area contributed by atoms with Crippen molar-refractivity contribution in [3.8, 4) is 0 Å². The summed E-state index contributed by atoms with van der Waals surface area (Å²) in [5, 5.41) is 4.01. The summed E-state index contributed by atoms with van der Waals surface area (Å²) in [7, 11) is 3.50. The molecule has 2 aromatic rings. The maximum Gasteiger partial charge on any atom is 0.255 e. The van der Waals surface area contributed by atoms with Gasteiger partial charge in [-0.3, -0.25) is 4.79 Å². The van der Waals surface area contributed by atoms with Gasteiger partial charge in [0.2, 0.25) is 0 Å². The highest BCUT2D eigenvalue weighted by molar-refractivity contribution is 6.30. The molecule has 0 aliphatic rings. The van der Waals surface area contributed by atoms with Gasteiger partial charge in [-0.05, 0) is 29.8 Å². The topological polar surface area (TPSA) is 32.3 Å². The van der Waals surface area contributed by atoms with Crippen LogP contribution in [0.5, 0.6) is 0 Å². The van der Waals surface area contributed by atoms with Crippen LogP contribution in [0.15, 0.2) is 48.5 Å². The van der Waals surface area contributed by atoms with Gasteiger partial charge in [-0.2, -0.15) is 0 Å². The maximum absolute atomic E-state index is 12.1. The maximum atomic E-state index is 12.1. The molecule has 0 unspecified atom stereocenters. The highest BCUT2D eigenvalue weighted by Crippen LogP contribution is 2.18. The molecule has 1 amide bonds. The molecule has 0 fully saturated rings. The molecule has 0 bridgehead atoms. The van der Waals surface area contributed by atoms with Gasteiger partial charge in [0.05, 0.1) is 5.56 Å². The first-order valence-electron chi connectivity index (χ1n) is 6.37. The second-order valence-electron chi connectivity index (χ2n) is 4.73. The zero-order valence-corrected chi connectivity index (χ0v) is 12.3. The number of carbonyl (C=O) groups excluding carboxylic acids is 1. The van der Waals surface area contributed by atoms with Gasteiger partial charge in [-0.1, -0.05) is 35.9 Å². The van der Waals surface area contributed by atoms with E-state index >= 15 is 0 Å². The minimum Gasteiger partial charge on any atom is -0.380 e. The van der Waals surface area contributed by atoms with Crippen molar-refractivity contribution in [1.29, 1.82) is 0 Å². The molecule has 0 atom stereocenters. The van der Waals surface area contributed by atoms with E-state index in [0.29, 0.717) is 12.1 Å². The molecule has 0 aliphatic heterocycles. The molecule has 0 saturated heterocycles. The summed E-state index contributed by atoms with van der Waals surface area (Å²) >= 11 is 5.86. The van der Waals surface area contributed by atoms with Crippen LogP contribution in [0.3, 0.4) is 0 Å². The summed E-state index contributed by atoms with van der Waals surface area (Å²) in [6.45, 7) is 0.648. The van der Waals surface area contributed by atoms with E-state index in [0.717, 1.165) is 16.3 Å². The van der Waals surface area contributed by atoms with E-state index in [9.17, 15) is 4.79 Å². The molecular weight excluding hydrogens is 272 g/mol. The highest BCUT2D eigenvalue weighted by atomic mass is 35.5. The standard InChI is InChI=1S/C16H17ClN2O/c1-19(2)16(20)14-5-3-4-6-15(14)18-11-12-7-9-13(17)10-8-12/h3-10,18H,11H2,1-2H3. The fourth-order valence-corrected chi connectivity index (χ4v) is 1.99. The Morgan fingerprint density at radius 3 is 2.40 bits per heavy atom. The first-order chi connectivity index (χ1) is 9.58. The van der Waals surface area contributed by atoms with E-state index in [4.69, 9.17) is 11.6 Å². The van der Waals surface area contributed by atoms with Crippen molar-refractivity contribution >= 4 is 23.2 Å². The molecule has 0 aromatic heterocycles. The van der Waals surface area contributed by atoms with Crippen molar-refractivity contribution < 1.29 is 4.79 Å². The van der Waals surface area contributed by atoms with Gasteiger partial charge in [0.15, 0.2) is 0 Å². The third kappa shape index (κ3) is 3.52. The minimum absolute atomic E-state index is 0.00999. The smallest absolute Gasteiger partial charge is 0.255 e. The Morgan fingerprint density at radius 1 is 1.10 bits per heavy atom. The SMILES string of the molecule is CN(C)C(=O)c1ccccc1NCc1ccc(Cl)cc1. The summed E-state index contributed by atoms with van der Waals surface area (Å²) in [6, 6.07) is 15.2. The third-order valence-corrected chi connectivity index (χ3v) is 3.21. The molecule has 2 aromatic carbocycles. The average Bonchev–Trinajstić information content (AvgIpc) is 2.46. The number of hydrogen-bond acceptors (Lipinski definition) is 2. The van der Waals surface area contributed by atoms with Crippen LogP contribution >= 0.6 is 11.6 Å². The first-order valence-corrected chi connectivity index (χ1v) is 6.74. The molecule has 20 heavy (non-hydrogen) atoms. The Balaban J connectivity index is 2.13. The molecule has 3 nitrogen and oxygen atoms in total. The predicted octanol–water partition coefficient (Wildman–Crippen LogP) is 3.65. The van der Waals surface area contributed by atoms with Gasteiger partial charge in [-0.15, -0.1) is 0 Å². The molecule has 0 radical (unpaired) electrons. The van der Waals surface area contributed by atoms with Gasteiger partial charge in [-0.25, -0.2) is 0 Å². The van der Waals surface area contributed by atoms with E-state index in [1.54, 1.807) is 19.0 Å². The number of para-hydroxylation sites is 1. The van der Waals surface area contributed by atoms with Crippen molar-refractivity contribution in [2.24, 2.45) is 0 Å². The highest BCUT2D eigenvalue weighted by Gasteiger charge is 2.12. The Morgan fingerprint density at radius 2 is 1.75 bits per heavy atom. The number of benzene rings is 2. The number of carbonyl (C=O) groups is 1. The summed E-state index contributed by atoms with van der Waals surface area (Å²) in [6.07, 6.45) is 0. The second kappa shape index (κ2) is 6.44. The normalized spacial score (nSPS) is 10.2. The monoisotopic (exact) mass is 288 g/mol. The largest absolute Gasteiger partial charge is 0.380 e. The Bertz CT molecular complexity index is 594. The van der Waals surface area contributed by atoms with Gasteiger partial charge >= 0.3 is 0 Å². The van der Waals surface area contributed by atoms with Crippen LogP contribution in [0.1, 0.15) is 15.9 Å². The van der Waals surface area contributed by atoms with Crippen LogP contribution in [-0.2, 0) is 6.54 Å². The summed E-state index contributed by atoms with van der Waals surface area (Å²) in [5.41, 5.74) is 2.62. The van der Waals surface area contributed by atoms with Crippen LogP contribution in [-0.4, -0.2) is 24.9 Å². The van der Waals surface area contributed by atoms with Crippen molar-refractivity contribution in [2.45, 2.75) is 6.54 Å². The molecule has 2 rings (SSSR count). The number of rotatable bonds is 4. The number of amides is 1. The van der Waals surface area contributed by atoms with Crippen molar-refractivity contribution in [3.63, 3.8) is 0 Å². The van der Waals surface area contributed by atoms with Gasteiger partial charge in [0, 0.05) is 31.4 Å². The lowest BCUT2D eigenvalue weighted by Gasteiger charge is -2.15. The number of nitrogens with zero attached hydrogens (tertiary/aromatic N) is 1. The summed E-state index contributed by atoms with van der Waals surface area (Å²) in [5.74, 6) is -0.00999. The summed E-state index contributed by atoms with van der Waals surface area (Å²) in [4.78, 5) is 13.7. The molecule has 0 saturated carbocycles. The molecule has 0 heterocycles. The van der Waals surface area contributed by atoms with Crippen LogP contribution in [0, 0.1) is 0 Å². The first kappa shape index (κ1) is 14.4.